The Morgan fingerprint density at radius 3 is 2.96 bits per heavy atom. The minimum absolute atomic E-state index is 0.0459. The minimum atomic E-state index is -0.135. The van der Waals surface area contributed by atoms with Crippen LogP contribution in [0.1, 0.15) is 51.7 Å². The standard InChI is InChI=1S/C16H24N4O3/c1-2-3-4-5-8-22-16-14-15(17-10-18-16)20(11-19-14)13-7-6-12(9-21)23-13/h10-13,21H,2-9H2,1H3/t12-,13-/m0/s1. The van der Waals surface area contributed by atoms with Crippen LogP contribution < -0.4 is 4.74 Å². The molecule has 2 aromatic heterocycles. The maximum atomic E-state index is 9.20. The van der Waals surface area contributed by atoms with Gasteiger partial charge in [0.05, 0.1) is 25.6 Å². The first-order valence-corrected chi connectivity index (χ1v) is 8.40. The highest BCUT2D eigenvalue weighted by molar-refractivity contribution is 5.75. The predicted octanol–water partition coefficient (Wildman–Crippen LogP) is 2.46. The number of aliphatic hydroxyl groups is 1. The number of ether oxygens (including phenoxy) is 2. The molecule has 1 N–H and O–H groups in total. The highest BCUT2D eigenvalue weighted by Crippen LogP contribution is 2.31. The van der Waals surface area contributed by atoms with Crippen molar-refractivity contribution in [3.8, 4) is 5.88 Å². The molecule has 3 rings (SSSR count). The zero-order valence-corrected chi connectivity index (χ0v) is 13.5. The van der Waals surface area contributed by atoms with Gasteiger partial charge < -0.3 is 14.6 Å². The molecule has 0 spiro atoms. The van der Waals surface area contributed by atoms with Crippen LogP contribution >= 0.6 is 0 Å². The van der Waals surface area contributed by atoms with Crippen LogP contribution in [0, 0.1) is 0 Å². The number of hydrogen-bond acceptors (Lipinski definition) is 6. The van der Waals surface area contributed by atoms with Gasteiger partial charge in [-0.1, -0.05) is 26.2 Å². The molecule has 0 saturated carbocycles. The van der Waals surface area contributed by atoms with Gasteiger partial charge in [0, 0.05) is 0 Å². The number of imidazole rings is 1. The first kappa shape index (κ1) is 16.1. The molecule has 2 aromatic rings. The summed E-state index contributed by atoms with van der Waals surface area (Å²) in [5.41, 5.74) is 1.38. The van der Waals surface area contributed by atoms with Crippen molar-refractivity contribution >= 4 is 11.2 Å². The molecule has 7 heteroatoms. The smallest absolute Gasteiger partial charge is 0.245 e. The highest BCUT2D eigenvalue weighted by atomic mass is 16.5. The second kappa shape index (κ2) is 7.70. The Labute approximate surface area is 135 Å². The molecule has 0 aromatic carbocycles. The lowest BCUT2D eigenvalue weighted by Crippen LogP contribution is -2.14. The number of hydrogen-bond donors (Lipinski definition) is 1. The molecule has 0 unspecified atom stereocenters. The largest absolute Gasteiger partial charge is 0.476 e. The number of rotatable bonds is 8. The summed E-state index contributed by atoms with van der Waals surface area (Å²) >= 11 is 0. The van der Waals surface area contributed by atoms with Gasteiger partial charge in [-0.2, -0.15) is 4.98 Å². The SMILES string of the molecule is CCCCCCOc1ncnc2c1ncn2[C@@H]1CC[C@@H](CO)O1. The molecule has 1 aliphatic rings. The van der Waals surface area contributed by atoms with E-state index in [1.54, 1.807) is 6.33 Å². The maximum Gasteiger partial charge on any atom is 0.245 e. The molecule has 2 atom stereocenters. The molecular formula is C16H24N4O3. The van der Waals surface area contributed by atoms with E-state index in [-0.39, 0.29) is 18.9 Å². The normalized spacial score (nSPS) is 21.1. The van der Waals surface area contributed by atoms with Crippen molar-refractivity contribution < 1.29 is 14.6 Å². The molecule has 23 heavy (non-hydrogen) atoms. The summed E-state index contributed by atoms with van der Waals surface area (Å²) in [7, 11) is 0. The highest BCUT2D eigenvalue weighted by Gasteiger charge is 2.27. The fourth-order valence-corrected chi connectivity index (χ4v) is 2.87. The van der Waals surface area contributed by atoms with E-state index in [9.17, 15) is 5.11 Å². The van der Waals surface area contributed by atoms with Gasteiger partial charge in [-0.3, -0.25) is 4.57 Å². The third-order valence-corrected chi connectivity index (χ3v) is 4.16. The van der Waals surface area contributed by atoms with E-state index in [0.717, 1.165) is 25.7 Å². The Bertz CT molecular complexity index is 631. The van der Waals surface area contributed by atoms with E-state index in [1.165, 1.54) is 19.2 Å². The Kier molecular flexibility index (Phi) is 5.40. The van der Waals surface area contributed by atoms with E-state index in [4.69, 9.17) is 9.47 Å². The van der Waals surface area contributed by atoms with Crippen molar-refractivity contribution in [2.75, 3.05) is 13.2 Å². The summed E-state index contributed by atoms with van der Waals surface area (Å²) in [4.78, 5) is 12.9. The first-order valence-electron chi connectivity index (χ1n) is 8.40. The fraction of sp³-hybridized carbons (Fsp3) is 0.688. The molecule has 1 aliphatic heterocycles. The van der Waals surface area contributed by atoms with Gasteiger partial charge in [0.2, 0.25) is 5.88 Å². The third kappa shape index (κ3) is 3.61. The Morgan fingerprint density at radius 2 is 2.17 bits per heavy atom. The predicted molar refractivity (Wildman–Crippen MR) is 85.2 cm³/mol. The molecule has 126 valence electrons. The lowest BCUT2D eigenvalue weighted by atomic mass is 10.2. The Hall–Kier alpha value is -1.73. The molecule has 1 saturated heterocycles. The number of fused-ring (bicyclic) bond motifs is 1. The van der Waals surface area contributed by atoms with Crippen LogP contribution in [0.2, 0.25) is 0 Å². The number of nitrogens with zero attached hydrogens (tertiary/aromatic N) is 4. The quantitative estimate of drug-likeness (QED) is 0.752. The monoisotopic (exact) mass is 320 g/mol. The van der Waals surface area contributed by atoms with Crippen molar-refractivity contribution in [1.82, 2.24) is 19.5 Å². The van der Waals surface area contributed by atoms with Crippen LogP contribution in [-0.4, -0.2) is 43.9 Å². The molecular weight excluding hydrogens is 296 g/mol. The summed E-state index contributed by atoms with van der Waals surface area (Å²) in [5, 5.41) is 9.20. The van der Waals surface area contributed by atoms with Crippen LogP contribution in [0.5, 0.6) is 5.88 Å². The van der Waals surface area contributed by atoms with Crippen LogP contribution in [0.25, 0.3) is 11.2 Å². The van der Waals surface area contributed by atoms with Crippen molar-refractivity contribution in [3.63, 3.8) is 0 Å². The second-order valence-corrected chi connectivity index (χ2v) is 5.88. The van der Waals surface area contributed by atoms with Gasteiger partial charge in [-0.25, -0.2) is 9.97 Å². The summed E-state index contributed by atoms with van der Waals surface area (Å²) in [6.07, 6.45) is 9.27. The molecule has 0 bridgehead atoms. The van der Waals surface area contributed by atoms with Crippen molar-refractivity contribution in [3.05, 3.63) is 12.7 Å². The number of aliphatic hydroxyl groups excluding tert-OH is 1. The Morgan fingerprint density at radius 1 is 1.26 bits per heavy atom. The van der Waals surface area contributed by atoms with Crippen LogP contribution in [-0.2, 0) is 4.74 Å². The average Bonchev–Trinajstić information content (AvgIpc) is 3.21. The van der Waals surface area contributed by atoms with Crippen molar-refractivity contribution in [1.29, 1.82) is 0 Å². The molecule has 7 nitrogen and oxygen atoms in total. The fourth-order valence-electron chi connectivity index (χ4n) is 2.87. The lowest BCUT2D eigenvalue weighted by Gasteiger charge is -2.13. The molecule has 1 fully saturated rings. The molecule has 0 radical (unpaired) electrons. The van der Waals surface area contributed by atoms with Crippen molar-refractivity contribution in [2.45, 2.75) is 57.8 Å². The van der Waals surface area contributed by atoms with Gasteiger partial charge in [0.1, 0.15) is 12.6 Å². The molecule has 0 aliphatic carbocycles. The van der Waals surface area contributed by atoms with Crippen LogP contribution in [0.15, 0.2) is 12.7 Å². The Balaban J connectivity index is 1.70. The van der Waals surface area contributed by atoms with Gasteiger partial charge >= 0.3 is 0 Å². The zero-order chi connectivity index (χ0) is 16.1. The average molecular weight is 320 g/mol. The third-order valence-electron chi connectivity index (χ3n) is 4.16. The topological polar surface area (TPSA) is 82.3 Å². The van der Waals surface area contributed by atoms with Crippen molar-refractivity contribution in [2.24, 2.45) is 0 Å². The number of unbranched alkanes of at least 4 members (excludes halogenated alkanes) is 3. The van der Waals surface area contributed by atoms with E-state index in [2.05, 4.69) is 21.9 Å². The molecule has 0 amide bonds. The van der Waals surface area contributed by atoms with Gasteiger partial charge in [0.15, 0.2) is 11.2 Å². The van der Waals surface area contributed by atoms with Gasteiger partial charge in [0.25, 0.3) is 0 Å². The second-order valence-electron chi connectivity index (χ2n) is 5.88. The van der Waals surface area contributed by atoms with E-state index >= 15 is 0 Å². The first-order chi connectivity index (χ1) is 11.3. The summed E-state index contributed by atoms with van der Waals surface area (Å²) in [6.45, 7) is 2.88. The zero-order valence-electron chi connectivity index (χ0n) is 13.5. The van der Waals surface area contributed by atoms with Crippen LogP contribution in [0.3, 0.4) is 0 Å². The molecule has 3 heterocycles. The summed E-state index contributed by atoms with van der Waals surface area (Å²) < 4.78 is 13.5. The van der Waals surface area contributed by atoms with Crippen LogP contribution in [0.4, 0.5) is 0 Å². The summed E-state index contributed by atoms with van der Waals surface area (Å²) in [5.74, 6) is 0.530. The maximum absolute atomic E-state index is 9.20. The minimum Gasteiger partial charge on any atom is -0.476 e. The van der Waals surface area contributed by atoms with Gasteiger partial charge in [-0.15, -0.1) is 0 Å². The lowest BCUT2D eigenvalue weighted by molar-refractivity contribution is -0.0207. The number of aromatic nitrogens is 4. The van der Waals surface area contributed by atoms with E-state index in [1.807, 2.05) is 4.57 Å². The van der Waals surface area contributed by atoms with E-state index in [0.29, 0.717) is 23.7 Å². The van der Waals surface area contributed by atoms with Gasteiger partial charge in [-0.05, 0) is 19.3 Å². The summed E-state index contributed by atoms with van der Waals surface area (Å²) in [6, 6.07) is 0. The van der Waals surface area contributed by atoms with E-state index < -0.39 is 0 Å².